The van der Waals surface area contributed by atoms with Crippen LogP contribution in [0.4, 0.5) is 0 Å². The largest absolute Gasteiger partial charge is 0.506 e. The zero-order valence-corrected chi connectivity index (χ0v) is 17.3. The first-order chi connectivity index (χ1) is 12.1. The van der Waals surface area contributed by atoms with Gasteiger partial charge in [0.05, 0.1) is 11.6 Å². The molecule has 0 amide bonds. The highest BCUT2D eigenvalue weighted by atomic mass is 35.5. The number of carbonyl (C=O) groups is 1. The van der Waals surface area contributed by atoms with Crippen LogP contribution < -0.4 is 5.32 Å². The summed E-state index contributed by atoms with van der Waals surface area (Å²) in [6.45, 7) is 7.31. The van der Waals surface area contributed by atoms with Gasteiger partial charge in [0.1, 0.15) is 18.1 Å². The fraction of sp³-hybridized carbons (Fsp3) is 0.526. The molecule has 0 aliphatic rings. The molecule has 1 atom stereocenters. The lowest BCUT2D eigenvalue weighted by molar-refractivity contribution is 0.0476. The molecule has 4 N–H and O–H groups in total. The molecular weight excluding hydrogens is 370 g/mol. The van der Waals surface area contributed by atoms with Crippen molar-refractivity contribution in [2.45, 2.75) is 32.4 Å². The summed E-state index contributed by atoms with van der Waals surface area (Å²) in [5.41, 5.74) is 1.17. The van der Waals surface area contributed by atoms with Crippen LogP contribution in [0.2, 0.25) is 0 Å². The number of benzene rings is 1. The van der Waals surface area contributed by atoms with E-state index in [0.717, 1.165) is 0 Å². The van der Waals surface area contributed by atoms with Crippen molar-refractivity contribution < 1.29 is 19.7 Å². The van der Waals surface area contributed by atoms with Crippen LogP contribution in [0.15, 0.2) is 18.2 Å². The van der Waals surface area contributed by atoms with Gasteiger partial charge in [0.15, 0.2) is 0 Å². The number of carbonyl (C=O) groups excluding carboxylic acids is 1. The Hall–Kier alpha value is -1.80. The van der Waals surface area contributed by atoms with Crippen molar-refractivity contribution in [2.75, 3.05) is 33.8 Å². The summed E-state index contributed by atoms with van der Waals surface area (Å²) in [7, 11) is 3.79. The number of H-pyrrole nitrogens is 1. The number of rotatable bonds is 7. The molecule has 2 rings (SSSR count). The highest BCUT2D eigenvalue weighted by Crippen LogP contribution is 2.31. The Labute approximate surface area is 166 Å². The van der Waals surface area contributed by atoms with Crippen LogP contribution in [0.1, 0.15) is 42.9 Å². The van der Waals surface area contributed by atoms with Crippen LogP contribution in [0.3, 0.4) is 0 Å². The molecule has 1 aromatic carbocycles. The van der Waals surface area contributed by atoms with E-state index in [-0.39, 0.29) is 36.0 Å². The number of likely N-dealkylation sites (N-methyl/N-ethyl adjacent to an activating group) is 1. The number of hydrogen-bond donors (Lipinski definition) is 4. The molecule has 0 aliphatic carbocycles. The van der Waals surface area contributed by atoms with E-state index >= 15 is 0 Å². The molecule has 1 aromatic heterocycles. The van der Waals surface area contributed by atoms with E-state index < -0.39 is 12.1 Å². The fourth-order valence-corrected chi connectivity index (χ4v) is 2.54. The molecule has 0 saturated carbocycles. The number of ether oxygens (including phenoxy) is 1. The molecular formula is C19H30ClN3O4. The molecule has 8 heteroatoms. The van der Waals surface area contributed by atoms with Crippen molar-refractivity contribution in [1.82, 2.24) is 15.2 Å². The number of phenolic OH excluding ortho intramolecular Hbond substituents is 1. The Morgan fingerprint density at radius 2 is 2.00 bits per heavy atom. The SMILES string of the molecule is CN(C)CCOC(=O)c1cc2c(C(O)CNC(C)(C)C)ccc(O)c2[nH]1.Cl. The standard InChI is InChI=1S/C19H29N3O4.ClH/c1-19(2,3)20-11-16(24)12-6-7-15(23)17-13(12)10-14(21-17)18(25)26-9-8-22(4)5;/h6-7,10,16,20-21,23-24H,8-9,11H2,1-5H3;1H. The lowest BCUT2D eigenvalue weighted by Gasteiger charge is -2.23. The van der Waals surface area contributed by atoms with E-state index in [1.165, 1.54) is 6.07 Å². The van der Waals surface area contributed by atoms with Crippen molar-refractivity contribution in [3.05, 3.63) is 29.5 Å². The number of aromatic hydroxyl groups is 1. The van der Waals surface area contributed by atoms with Crippen molar-refractivity contribution in [1.29, 1.82) is 0 Å². The van der Waals surface area contributed by atoms with Gasteiger partial charge in [-0.25, -0.2) is 4.79 Å². The number of nitrogens with zero attached hydrogens (tertiary/aromatic N) is 1. The summed E-state index contributed by atoms with van der Waals surface area (Å²) in [5, 5.41) is 24.5. The zero-order valence-electron chi connectivity index (χ0n) is 16.5. The number of aliphatic hydroxyl groups is 1. The maximum atomic E-state index is 12.2. The Kier molecular flexibility index (Phi) is 8.10. The number of halogens is 1. The number of esters is 1. The van der Waals surface area contributed by atoms with Crippen LogP contribution in [0.25, 0.3) is 10.9 Å². The van der Waals surface area contributed by atoms with Gasteiger partial charge in [-0.2, -0.15) is 0 Å². The van der Waals surface area contributed by atoms with E-state index in [2.05, 4.69) is 10.3 Å². The number of β-amino-alcohol motifs (C(OH)–C–C–N with tert-alkyl or cyclic N) is 1. The topological polar surface area (TPSA) is 97.8 Å². The second-order valence-electron chi connectivity index (χ2n) is 7.73. The van der Waals surface area contributed by atoms with Gasteiger partial charge in [0.2, 0.25) is 0 Å². The minimum atomic E-state index is -0.772. The number of aromatic amines is 1. The average Bonchev–Trinajstić information content (AvgIpc) is 2.98. The van der Waals surface area contributed by atoms with Crippen molar-refractivity contribution in [3.8, 4) is 5.75 Å². The Morgan fingerprint density at radius 1 is 1.33 bits per heavy atom. The first kappa shape index (κ1) is 23.2. The van der Waals surface area contributed by atoms with Crippen LogP contribution >= 0.6 is 12.4 Å². The summed E-state index contributed by atoms with van der Waals surface area (Å²) in [4.78, 5) is 17.0. The molecule has 7 nitrogen and oxygen atoms in total. The van der Waals surface area contributed by atoms with Gasteiger partial charge in [0, 0.05) is 24.0 Å². The molecule has 1 unspecified atom stereocenters. The van der Waals surface area contributed by atoms with Gasteiger partial charge in [-0.3, -0.25) is 0 Å². The van der Waals surface area contributed by atoms with Gasteiger partial charge in [-0.1, -0.05) is 6.07 Å². The zero-order chi connectivity index (χ0) is 19.5. The third kappa shape index (κ3) is 6.39. The van der Waals surface area contributed by atoms with E-state index in [1.54, 1.807) is 12.1 Å². The fourth-order valence-electron chi connectivity index (χ4n) is 2.54. The molecule has 0 spiro atoms. The summed E-state index contributed by atoms with van der Waals surface area (Å²) in [5.74, 6) is -0.470. The Balaban J connectivity index is 0.00000364. The van der Waals surface area contributed by atoms with Crippen molar-refractivity contribution in [2.24, 2.45) is 0 Å². The summed E-state index contributed by atoms with van der Waals surface area (Å²) in [6.07, 6.45) is -0.772. The molecule has 27 heavy (non-hydrogen) atoms. The number of hydrogen-bond acceptors (Lipinski definition) is 6. The van der Waals surface area contributed by atoms with Crippen LogP contribution in [-0.4, -0.2) is 65.4 Å². The summed E-state index contributed by atoms with van der Waals surface area (Å²) in [6, 6.07) is 4.79. The third-order valence-corrected chi connectivity index (χ3v) is 3.98. The maximum Gasteiger partial charge on any atom is 0.354 e. The molecule has 0 saturated heterocycles. The van der Waals surface area contributed by atoms with Crippen molar-refractivity contribution >= 4 is 29.3 Å². The number of phenols is 1. The molecule has 2 aromatic rings. The number of fused-ring (bicyclic) bond motifs is 1. The normalized spacial score (nSPS) is 12.9. The number of nitrogens with one attached hydrogen (secondary N) is 2. The first-order valence-corrected chi connectivity index (χ1v) is 8.68. The lowest BCUT2D eigenvalue weighted by atomic mass is 10.0. The second-order valence-corrected chi connectivity index (χ2v) is 7.73. The quantitative estimate of drug-likeness (QED) is 0.534. The third-order valence-electron chi connectivity index (χ3n) is 3.98. The van der Waals surface area contributed by atoms with Gasteiger partial charge in [-0.15, -0.1) is 12.4 Å². The van der Waals surface area contributed by atoms with Gasteiger partial charge >= 0.3 is 5.97 Å². The lowest BCUT2D eigenvalue weighted by Crippen LogP contribution is -2.38. The second kappa shape index (κ2) is 9.41. The minimum Gasteiger partial charge on any atom is -0.506 e. The first-order valence-electron chi connectivity index (χ1n) is 8.68. The van der Waals surface area contributed by atoms with Crippen LogP contribution in [0.5, 0.6) is 5.75 Å². The molecule has 0 radical (unpaired) electrons. The Morgan fingerprint density at radius 3 is 2.59 bits per heavy atom. The molecule has 1 heterocycles. The van der Waals surface area contributed by atoms with E-state index in [4.69, 9.17) is 4.74 Å². The average molecular weight is 400 g/mol. The molecule has 0 aliphatic heterocycles. The molecule has 152 valence electrons. The van der Waals surface area contributed by atoms with Crippen LogP contribution in [-0.2, 0) is 4.74 Å². The summed E-state index contributed by atoms with van der Waals surface area (Å²) < 4.78 is 5.23. The van der Waals surface area contributed by atoms with Crippen molar-refractivity contribution in [3.63, 3.8) is 0 Å². The molecule has 0 fully saturated rings. The predicted molar refractivity (Wildman–Crippen MR) is 109 cm³/mol. The monoisotopic (exact) mass is 399 g/mol. The maximum absolute atomic E-state index is 12.2. The smallest absolute Gasteiger partial charge is 0.354 e. The highest BCUT2D eigenvalue weighted by molar-refractivity contribution is 5.98. The number of aromatic nitrogens is 1. The van der Waals surface area contributed by atoms with E-state index in [1.807, 2.05) is 39.8 Å². The van der Waals surface area contributed by atoms with Crippen LogP contribution in [0, 0.1) is 0 Å². The minimum absolute atomic E-state index is 0. The van der Waals surface area contributed by atoms with E-state index in [0.29, 0.717) is 29.6 Å². The number of aliphatic hydroxyl groups excluding tert-OH is 1. The van der Waals surface area contributed by atoms with Gasteiger partial charge in [-0.05, 0) is 52.6 Å². The Bertz CT molecular complexity index is 768. The summed E-state index contributed by atoms with van der Waals surface area (Å²) >= 11 is 0. The van der Waals surface area contributed by atoms with Gasteiger partial charge < -0.3 is 30.2 Å². The molecule has 0 bridgehead atoms. The van der Waals surface area contributed by atoms with E-state index in [9.17, 15) is 15.0 Å². The van der Waals surface area contributed by atoms with Gasteiger partial charge in [0.25, 0.3) is 0 Å². The highest BCUT2D eigenvalue weighted by Gasteiger charge is 2.20. The predicted octanol–water partition coefficient (Wildman–Crippen LogP) is 2.44.